The Labute approximate surface area is 121 Å². The molecule has 0 aliphatic carbocycles. The fraction of sp³-hybridized carbons (Fsp3) is 0.417. The van der Waals surface area contributed by atoms with Crippen LogP contribution in [0.3, 0.4) is 0 Å². The van der Waals surface area contributed by atoms with Crippen molar-refractivity contribution in [2.24, 2.45) is 0 Å². The first-order valence-corrected chi connectivity index (χ1v) is 6.85. The topological polar surface area (TPSA) is 61.0 Å². The van der Waals surface area contributed by atoms with Crippen molar-refractivity contribution in [3.05, 3.63) is 34.1 Å². The number of benzene rings is 1. The van der Waals surface area contributed by atoms with Crippen LogP contribution in [0.1, 0.15) is 25.6 Å². The number of hydrogen-bond donors (Lipinski definition) is 0. The summed E-state index contributed by atoms with van der Waals surface area (Å²) in [6, 6.07) is 3.92. The number of fused-ring (bicyclic) bond motifs is 1. The number of alkyl halides is 3. The molecule has 5 nitrogen and oxygen atoms in total. The van der Waals surface area contributed by atoms with Crippen molar-refractivity contribution in [1.82, 2.24) is 9.55 Å². The summed E-state index contributed by atoms with van der Waals surface area (Å²) >= 11 is 2.30. The minimum Gasteiger partial charge on any atom is -0.322 e. The van der Waals surface area contributed by atoms with Gasteiger partial charge >= 0.3 is 4.83 Å². The van der Waals surface area contributed by atoms with E-state index in [-0.39, 0.29) is 5.69 Å². The van der Waals surface area contributed by atoms with Crippen molar-refractivity contribution in [2.75, 3.05) is 0 Å². The quantitative estimate of drug-likeness (QED) is 0.462. The largest absolute Gasteiger partial charge is 0.358 e. The second kappa shape index (κ2) is 5.43. The Morgan fingerprint density at radius 3 is 2.75 bits per heavy atom. The highest BCUT2D eigenvalue weighted by Crippen LogP contribution is 2.36. The van der Waals surface area contributed by atoms with Crippen molar-refractivity contribution in [1.29, 1.82) is 0 Å². The van der Waals surface area contributed by atoms with Crippen LogP contribution in [0.15, 0.2) is 18.2 Å². The molecular weight excluding hydrogens is 336 g/mol. The number of unbranched alkanes of at least 4 members (excludes halogenated alkanes) is 1. The first-order valence-electron chi connectivity index (χ1n) is 6.06. The van der Waals surface area contributed by atoms with Gasteiger partial charge in [-0.05, 0) is 28.4 Å². The van der Waals surface area contributed by atoms with E-state index in [1.165, 1.54) is 22.8 Å². The van der Waals surface area contributed by atoms with Crippen LogP contribution < -0.4 is 0 Å². The Morgan fingerprint density at radius 1 is 1.50 bits per heavy atom. The minimum absolute atomic E-state index is 0.139. The zero-order chi connectivity index (χ0) is 14.9. The molecule has 0 bridgehead atoms. The third-order valence-corrected chi connectivity index (χ3v) is 3.29. The van der Waals surface area contributed by atoms with E-state index in [0.717, 1.165) is 6.42 Å². The number of hydrogen-bond acceptors (Lipinski definition) is 3. The van der Waals surface area contributed by atoms with Crippen LogP contribution in [0.2, 0.25) is 0 Å². The second-order valence-electron chi connectivity index (χ2n) is 4.37. The molecule has 1 aromatic heterocycles. The van der Waals surface area contributed by atoms with Gasteiger partial charge in [-0.1, -0.05) is 13.3 Å². The standard InChI is InChI=1S/C12H12BrF2N3O2/c1-2-3-6-17-10-7-8(18(19)20)4-5-9(10)16-11(17)12(13,14)15/h4-5,7H,2-3,6H2,1H3. The Hall–Kier alpha value is -1.57. The van der Waals surface area contributed by atoms with Gasteiger partial charge < -0.3 is 4.57 Å². The molecule has 0 N–H and O–H groups in total. The van der Waals surface area contributed by atoms with Crippen LogP contribution in [0.4, 0.5) is 14.5 Å². The molecule has 0 atom stereocenters. The summed E-state index contributed by atoms with van der Waals surface area (Å²) in [7, 11) is 0. The molecule has 2 rings (SSSR count). The first-order chi connectivity index (χ1) is 9.34. The fourth-order valence-corrected chi connectivity index (χ4v) is 2.29. The Kier molecular flexibility index (Phi) is 4.03. The summed E-state index contributed by atoms with van der Waals surface area (Å²) in [5.41, 5.74) is 0.530. The molecule has 0 spiro atoms. The van der Waals surface area contributed by atoms with E-state index in [1.807, 2.05) is 6.92 Å². The highest BCUT2D eigenvalue weighted by Gasteiger charge is 2.34. The second-order valence-corrected chi connectivity index (χ2v) is 5.36. The summed E-state index contributed by atoms with van der Waals surface area (Å²) in [6.07, 6.45) is 1.51. The fourth-order valence-electron chi connectivity index (χ4n) is 1.98. The number of halogens is 3. The SMILES string of the molecule is CCCCn1c(C(F)(F)Br)nc2ccc([N+](=O)[O-])cc21. The number of nitrogens with zero attached hydrogens (tertiary/aromatic N) is 3. The highest BCUT2D eigenvalue weighted by atomic mass is 79.9. The number of aryl methyl sites for hydroxylation is 1. The molecule has 0 aliphatic rings. The maximum Gasteiger partial charge on any atom is 0.358 e. The van der Waals surface area contributed by atoms with Gasteiger partial charge in [0.05, 0.1) is 16.0 Å². The van der Waals surface area contributed by atoms with Crippen LogP contribution in [0, 0.1) is 10.1 Å². The number of rotatable bonds is 5. The molecule has 0 amide bonds. The van der Waals surface area contributed by atoms with Crippen LogP contribution in [0.5, 0.6) is 0 Å². The van der Waals surface area contributed by atoms with Crippen LogP contribution in [-0.4, -0.2) is 14.5 Å². The molecule has 1 aromatic carbocycles. The molecule has 0 aliphatic heterocycles. The normalized spacial score (nSPS) is 12.0. The molecule has 0 saturated heterocycles. The van der Waals surface area contributed by atoms with Gasteiger partial charge in [0.2, 0.25) is 0 Å². The molecular formula is C12H12BrF2N3O2. The molecule has 1 heterocycles. The van der Waals surface area contributed by atoms with Gasteiger partial charge in [0, 0.05) is 18.7 Å². The minimum atomic E-state index is -3.27. The molecule has 108 valence electrons. The van der Waals surface area contributed by atoms with Crippen LogP contribution in [-0.2, 0) is 11.4 Å². The summed E-state index contributed by atoms with van der Waals surface area (Å²) in [5, 5.41) is 10.8. The third kappa shape index (κ3) is 2.79. The van der Waals surface area contributed by atoms with E-state index in [1.54, 1.807) is 0 Å². The van der Waals surface area contributed by atoms with Crippen molar-refractivity contribution >= 4 is 32.7 Å². The monoisotopic (exact) mass is 347 g/mol. The smallest absolute Gasteiger partial charge is 0.322 e. The Morgan fingerprint density at radius 2 is 2.20 bits per heavy atom. The number of imidazole rings is 1. The predicted molar refractivity (Wildman–Crippen MR) is 74.1 cm³/mol. The van der Waals surface area contributed by atoms with E-state index in [0.29, 0.717) is 24.0 Å². The lowest BCUT2D eigenvalue weighted by molar-refractivity contribution is -0.384. The summed E-state index contributed by atoms with van der Waals surface area (Å²) in [5.74, 6) is -0.429. The van der Waals surface area contributed by atoms with Gasteiger partial charge in [-0.25, -0.2) is 4.98 Å². The molecule has 0 saturated carbocycles. The zero-order valence-electron chi connectivity index (χ0n) is 10.6. The number of aromatic nitrogens is 2. The van der Waals surface area contributed by atoms with E-state index in [4.69, 9.17) is 0 Å². The predicted octanol–water partition coefficient (Wildman–Crippen LogP) is 4.19. The number of nitro groups is 1. The van der Waals surface area contributed by atoms with E-state index < -0.39 is 15.6 Å². The van der Waals surface area contributed by atoms with Crippen molar-refractivity contribution in [3.8, 4) is 0 Å². The lowest BCUT2D eigenvalue weighted by atomic mass is 10.2. The first kappa shape index (κ1) is 14.8. The third-order valence-electron chi connectivity index (χ3n) is 2.93. The van der Waals surface area contributed by atoms with E-state index in [2.05, 4.69) is 20.9 Å². The molecule has 8 heteroatoms. The molecule has 2 aromatic rings. The maximum atomic E-state index is 13.5. The lowest BCUT2D eigenvalue weighted by Gasteiger charge is -2.12. The van der Waals surface area contributed by atoms with Gasteiger partial charge in [-0.3, -0.25) is 10.1 Å². The van der Waals surface area contributed by atoms with Gasteiger partial charge in [-0.2, -0.15) is 8.78 Å². The highest BCUT2D eigenvalue weighted by molar-refractivity contribution is 9.09. The summed E-state index contributed by atoms with van der Waals surface area (Å²) in [6.45, 7) is 2.28. The van der Waals surface area contributed by atoms with Crippen LogP contribution in [0.25, 0.3) is 11.0 Å². The van der Waals surface area contributed by atoms with E-state index >= 15 is 0 Å². The van der Waals surface area contributed by atoms with Gasteiger partial charge in [0.15, 0.2) is 5.82 Å². The summed E-state index contributed by atoms with van der Waals surface area (Å²) in [4.78, 5) is 10.9. The van der Waals surface area contributed by atoms with Crippen molar-refractivity contribution in [2.45, 2.75) is 31.1 Å². The lowest BCUT2D eigenvalue weighted by Crippen LogP contribution is -2.13. The van der Waals surface area contributed by atoms with Crippen molar-refractivity contribution < 1.29 is 13.7 Å². The van der Waals surface area contributed by atoms with E-state index in [9.17, 15) is 18.9 Å². The average Bonchev–Trinajstić information content (AvgIpc) is 2.73. The number of nitro benzene ring substituents is 1. The van der Waals surface area contributed by atoms with Crippen LogP contribution >= 0.6 is 15.9 Å². The van der Waals surface area contributed by atoms with Gasteiger partial charge in [0.1, 0.15) is 0 Å². The molecule has 20 heavy (non-hydrogen) atoms. The summed E-state index contributed by atoms with van der Waals surface area (Å²) < 4.78 is 28.4. The average molecular weight is 348 g/mol. The molecule has 0 unspecified atom stereocenters. The van der Waals surface area contributed by atoms with Gasteiger partial charge in [0.25, 0.3) is 5.69 Å². The van der Waals surface area contributed by atoms with Gasteiger partial charge in [-0.15, -0.1) is 0 Å². The maximum absolute atomic E-state index is 13.5. The molecule has 0 fully saturated rings. The van der Waals surface area contributed by atoms with Crippen molar-refractivity contribution in [3.63, 3.8) is 0 Å². The number of non-ortho nitro benzene ring substituents is 1. The Balaban J connectivity index is 2.65. The zero-order valence-corrected chi connectivity index (χ0v) is 12.2. The molecule has 0 radical (unpaired) electrons. The Bertz CT molecular complexity index is 652.